The van der Waals surface area contributed by atoms with Crippen molar-refractivity contribution in [3.8, 4) is 0 Å². The lowest BCUT2D eigenvalue weighted by molar-refractivity contribution is 0.0661. The summed E-state index contributed by atoms with van der Waals surface area (Å²) in [5.41, 5.74) is 5.73. The van der Waals surface area contributed by atoms with E-state index in [1.54, 1.807) is 19.9 Å². The molecule has 1 aromatic carbocycles. The van der Waals surface area contributed by atoms with E-state index in [-0.39, 0.29) is 12.4 Å². The van der Waals surface area contributed by atoms with E-state index >= 15 is 0 Å². The predicted molar refractivity (Wildman–Crippen MR) is 49.8 cm³/mol. The van der Waals surface area contributed by atoms with Gasteiger partial charge in [0.15, 0.2) is 0 Å². The summed E-state index contributed by atoms with van der Waals surface area (Å²) in [6.45, 7) is 3.50. The Balaban J connectivity index is 3.16. The number of benzene rings is 1. The lowest BCUT2D eigenvalue weighted by Crippen LogP contribution is -2.32. The fourth-order valence-electron chi connectivity index (χ4n) is 1.34. The second-order valence-electron chi connectivity index (χ2n) is 3.44. The molecule has 1 rings (SSSR count). The highest BCUT2D eigenvalue weighted by atomic mass is 19.1. The molecular formula is C10H14FNO. The summed E-state index contributed by atoms with van der Waals surface area (Å²) < 4.78 is 12.7. The highest BCUT2D eigenvalue weighted by molar-refractivity contribution is 5.31. The van der Waals surface area contributed by atoms with Gasteiger partial charge in [-0.3, -0.25) is 0 Å². The molecule has 13 heavy (non-hydrogen) atoms. The zero-order valence-corrected chi connectivity index (χ0v) is 7.84. The smallest absolute Gasteiger partial charge is 0.123 e. The number of halogens is 1. The molecular weight excluding hydrogens is 169 g/mol. The van der Waals surface area contributed by atoms with Crippen LogP contribution in [0.2, 0.25) is 0 Å². The minimum Gasteiger partial charge on any atom is -0.384 e. The van der Waals surface area contributed by atoms with E-state index in [0.29, 0.717) is 5.56 Å². The predicted octanol–water partition coefficient (Wildman–Crippen LogP) is 1.30. The van der Waals surface area contributed by atoms with Crippen molar-refractivity contribution in [1.29, 1.82) is 0 Å². The van der Waals surface area contributed by atoms with Crippen LogP contribution in [0.4, 0.5) is 4.39 Å². The van der Waals surface area contributed by atoms with E-state index < -0.39 is 5.60 Å². The average Bonchev–Trinajstić information content (AvgIpc) is 2.03. The summed E-state index contributed by atoms with van der Waals surface area (Å²) in [6.07, 6.45) is 0. The van der Waals surface area contributed by atoms with Gasteiger partial charge in [-0.1, -0.05) is 6.07 Å². The van der Waals surface area contributed by atoms with Gasteiger partial charge in [0.2, 0.25) is 0 Å². The molecule has 0 saturated carbocycles. The van der Waals surface area contributed by atoms with E-state index in [0.717, 1.165) is 5.56 Å². The highest BCUT2D eigenvalue weighted by Crippen LogP contribution is 2.23. The average molecular weight is 183 g/mol. The Labute approximate surface area is 77.2 Å². The topological polar surface area (TPSA) is 46.2 Å². The first kappa shape index (κ1) is 10.2. The van der Waals surface area contributed by atoms with Crippen molar-refractivity contribution in [2.45, 2.75) is 19.4 Å². The van der Waals surface area contributed by atoms with Gasteiger partial charge < -0.3 is 10.8 Å². The van der Waals surface area contributed by atoms with E-state index in [4.69, 9.17) is 5.73 Å². The van der Waals surface area contributed by atoms with Gasteiger partial charge in [0.05, 0.1) is 5.60 Å². The zero-order chi connectivity index (χ0) is 10.1. The Hall–Kier alpha value is -0.930. The number of hydrogen-bond donors (Lipinski definition) is 2. The molecule has 0 aliphatic rings. The Morgan fingerprint density at radius 2 is 2.15 bits per heavy atom. The number of rotatable bonds is 2. The molecule has 0 bridgehead atoms. The quantitative estimate of drug-likeness (QED) is 0.726. The standard InChI is InChI=1S/C10H14FNO/c1-7-5-8(11)3-4-9(7)10(2,13)6-12/h3-5,13H,6,12H2,1-2H3. The first-order chi connectivity index (χ1) is 5.97. The van der Waals surface area contributed by atoms with Gasteiger partial charge in [0.25, 0.3) is 0 Å². The van der Waals surface area contributed by atoms with Crippen molar-refractivity contribution >= 4 is 0 Å². The largest absolute Gasteiger partial charge is 0.384 e. The lowest BCUT2D eigenvalue weighted by Gasteiger charge is -2.23. The van der Waals surface area contributed by atoms with Crippen LogP contribution < -0.4 is 5.73 Å². The van der Waals surface area contributed by atoms with Gasteiger partial charge in [-0.25, -0.2) is 4.39 Å². The van der Waals surface area contributed by atoms with Crippen LogP contribution in [0.5, 0.6) is 0 Å². The molecule has 0 aliphatic carbocycles. The van der Waals surface area contributed by atoms with Crippen molar-refractivity contribution in [1.82, 2.24) is 0 Å². The van der Waals surface area contributed by atoms with Crippen LogP contribution in [-0.4, -0.2) is 11.7 Å². The van der Waals surface area contributed by atoms with E-state index in [9.17, 15) is 9.50 Å². The fourth-order valence-corrected chi connectivity index (χ4v) is 1.34. The molecule has 3 N–H and O–H groups in total. The molecule has 0 aromatic heterocycles. The van der Waals surface area contributed by atoms with Crippen LogP contribution in [0.1, 0.15) is 18.1 Å². The Morgan fingerprint density at radius 3 is 2.62 bits per heavy atom. The van der Waals surface area contributed by atoms with Gasteiger partial charge in [-0.15, -0.1) is 0 Å². The monoisotopic (exact) mass is 183 g/mol. The van der Waals surface area contributed by atoms with Crippen LogP contribution in [0.25, 0.3) is 0 Å². The Kier molecular flexibility index (Phi) is 2.68. The lowest BCUT2D eigenvalue weighted by atomic mass is 9.92. The highest BCUT2D eigenvalue weighted by Gasteiger charge is 2.22. The summed E-state index contributed by atoms with van der Waals surface area (Å²) >= 11 is 0. The number of aryl methyl sites for hydroxylation is 1. The maximum atomic E-state index is 12.7. The molecule has 3 heteroatoms. The zero-order valence-electron chi connectivity index (χ0n) is 7.84. The molecule has 72 valence electrons. The molecule has 0 spiro atoms. The molecule has 0 fully saturated rings. The molecule has 0 aliphatic heterocycles. The molecule has 1 aromatic rings. The van der Waals surface area contributed by atoms with Crippen molar-refractivity contribution < 1.29 is 9.50 Å². The first-order valence-electron chi connectivity index (χ1n) is 4.16. The number of aliphatic hydroxyl groups is 1. The van der Waals surface area contributed by atoms with Crippen LogP contribution in [-0.2, 0) is 5.60 Å². The normalized spacial score (nSPS) is 15.5. The van der Waals surface area contributed by atoms with Crippen LogP contribution in [0, 0.1) is 12.7 Å². The van der Waals surface area contributed by atoms with Gasteiger partial charge >= 0.3 is 0 Å². The van der Waals surface area contributed by atoms with Crippen molar-refractivity contribution in [2.24, 2.45) is 5.73 Å². The molecule has 0 radical (unpaired) electrons. The minimum atomic E-state index is -1.07. The summed E-state index contributed by atoms with van der Waals surface area (Å²) in [7, 11) is 0. The summed E-state index contributed by atoms with van der Waals surface area (Å²) in [5.74, 6) is -0.297. The number of nitrogens with two attached hydrogens (primary N) is 1. The molecule has 2 nitrogen and oxygen atoms in total. The maximum Gasteiger partial charge on any atom is 0.123 e. The van der Waals surface area contributed by atoms with E-state index in [1.165, 1.54) is 12.1 Å². The molecule has 0 saturated heterocycles. The summed E-state index contributed by atoms with van der Waals surface area (Å²) in [4.78, 5) is 0. The second-order valence-corrected chi connectivity index (χ2v) is 3.44. The van der Waals surface area contributed by atoms with Gasteiger partial charge in [0.1, 0.15) is 5.82 Å². The third-order valence-corrected chi connectivity index (χ3v) is 2.17. The minimum absolute atomic E-state index is 0.124. The maximum absolute atomic E-state index is 12.7. The van der Waals surface area contributed by atoms with Crippen molar-refractivity contribution in [2.75, 3.05) is 6.54 Å². The first-order valence-corrected chi connectivity index (χ1v) is 4.16. The molecule has 0 heterocycles. The Bertz CT molecular complexity index is 310. The number of hydrogen-bond acceptors (Lipinski definition) is 2. The molecule has 1 atom stereocenters. The van der Waals surface area contributed by atoms with Crippen LogP contribution >= 0.6 is 0 Å². The van der Waals surface area contributed by atoms with E-state index in [1.807, 2.05) is 0 Å². The van der Waals surface area contributed by atoms with Crippen molar-refractivity contribution in [3.05, 3.63) is 35.1 Å². The fraction of sp³-hybridized carbons (Fsp3) is 0.400. The van der Waals surface area contributed by atoms with Crippen LogP contribution in [0.3, 0.4) is 0 Å². The van der Waals surface area contributed by atoms with Gasteiger partial charge in [0, 0.05) is 6.54 Å². The third kappa shape index (κ3) is 2.05. The second kappa shape index (κ2) is 3.44. The third-order valence-electron chi connectivity index (χ3n) is 2.17. The summed E-state index contributed by atoms with van der Waals surface area (Å²) in [5, 5.41) is 9.82. The van der Waals surface area contributed by atoms with Gasteiger partial charge in [-0.2, -0.15) is 0 Å². The molecule has 1 unspecified atom stereocenters. The Morgan fingerprint density at radius 1 is 1.54 bits per heavy atom. The van der Waals surface area contributed by atoms with Crippen LogP contribution in [0.15, 0.2) is 18.2 Å². The molecule has 0 amide bonds. The van der Waals surface area contributed by atoms with Crippen molar-refractivity contribution in [3.63, 3.8) is 0 Å². The van der Waals surface area contributed by atoms with Gasteiger partial charge in [-0.05, 0) is 37.1 Å². The SMILES string of the molecule is Cc1cc(F)ccc1C(C)(O)CN. The summed E-state index contributed by atoms with van der Waals surface area (Å²) in [6, 6.07) is 4.28. The van der Waals surface area contributed by atoms with E-state index in [2.05, 4.69) is 0 Å².